The van der Waals surface area contributed by atoms with Crippen molar-refractivity contribution in [3.63, 3.8) is 0 Å². The first-order valence-corrected chi connectivity index (χ1v) is 5.43. The van der Waals surface area contributed by atoms with Crippen molar-refractivity contribution in [2.75, 3.05) is 18.5 Å². The molecule has 1 aromatic carbocycles. The van der Waals surface area contributed by atoms with E-state index in [0.717, 1.165) is 5.69 Å². The molecule has 0 aromatic heterocycles. The zero-order valence-electron chi connectivity index (χ0n) is 8.83. The lowest BCUT2D eigenvalue weighted by atomic mass is 10.2. The molecule has 1 unspecified atom stereocenters. The minimum atomic E-state index is -0.693. The number of anilines is 1. The van der Waals surface area contributed by atoms with Crippen LogP contribution in [0.4, 0.5) is 5.69 Å². The summed E-state index contributed by atoms with van der Waals surface area (Å²) in [6, 6.07) is 9.13. The molecule has 2 amide bonds. The Labute approximate surface area is 99.2 Å². The Hall–Kier alpha value is -1.49. The first-order valence-electron chi connectivity index (χ1n) is 4.91. The summed E-state index contributed by atoms with van der Waals surface area (Å²) in [7, 11) is 1.58. The number of hydrogen-bond acceptors (Lipinski definition) is 3. The zero-order valence-corrected chi connectivity index (χ0v) is 9.72. The number of rotatable bonds is 1. The maximum atomic E-state index is 11.9. The van der Waals surface area contributed by atoms with E-state index in [4.69, 9.17) is 0 Å². The highest BCUT2D eigenvalue weighted by molar-refractivity contribution is 7.81. The van der Waals surface area contributed by atoms with Gasteiger partial charge in [-0.05, 0) is 12.1 Å². The fourth-order valence-electron chi connectivity index (χ4n) is 1.59. The van der Waals surface area contributed by atoms with E-state index < -0.39 is 5.37 Å². The van der Waals surface area contributed by atoms with Gasteiger partial charge in [-0.3, -0.25) is 9.59 Å². The second kappa shape index (κ2) is 4.17. The number of piperazine rings is 1. The molecule has 84 valence electrons. The molecule has 1 aliphatic heterocycles. The largest absolute Gasteiger partial charge is 0.324 e. The van der Waals surface area contributed by atoms with Crippen molar-refractivity contribution in [3.05, 3.63) is 30.3 Å². The van der Waals surface area contributed by atoms with Gasteiger partial charge in [0.2, 0.25) is 5.91 Å². The molecule has 1 saturated heterocycles. The maximum Gasteiger partial charge on any atom is 0.260 e. The van der Waals surface area contributed by atoms with Crippen LogP contribution in [0.25, 0.3) is 0 Å². The predicted molar refractivity (Wildman–Crippen MR) is 64.3 cm³/mol. The van der Waals surface area contributed by atoms with Gasteiger partial charge in [-0.1, -0.05) is 18.2 Å². The molecule has 0 spiro atoms. The third-order valence-electron chi connectivity index (χ3n) is 2.61. The highest BCUT2D eigenvalue weighted by Gasteiger charge is 2.35. The molecule has 2 rings (SSSR count). The van der Waals surface area contributed by atoms with E-state index in [-0.39, 0.29) is 18.4 Å². The van der Waals surface area contributed by atoms with Crippen LogP contribution in [0, 0.1) is 0 Å². The van der Waals surface area contributed by atoms with Gasteiger partial charge < -0.3 is 9.80 Å². The van der Waals surface area contributed by atoms with Crippen molar-refractivity contribution in [2.45, 2.75) is 5.37 Å². The van der Waals surface area contributed by atoms with Gasteiger partial charge in [0.15, 0.2) is 5.37 Å². The molecule has 0 N–H and O–H groups in total. The van der Waals surface area contributed by atoms with Gasteiger partial charge >= 0.3 is 0 Å². The van der Waals surface area contributed by atoms with Gasteiger partial charge in [0.05, 0.1) is 0 Å². The van der Waals surface area contributed by atoms with Gasteiger partial charge in [0, 0.05) is 12.7 Å². The Morgan fingerprint density at radius 1 is 1.25 bits per heavy atom. The summed E-state index contributed by atoms with van der Waals surface area (Å²) in [5.74, 6) is -0.278. The van der Waals surface area contributed by atoms with Gasteiger partial charge in [0.1, 0.15) is 6.54 Å². The van der Waals surface area contributed by atoms with E-state index in [1.165, 1.54) is 9.80 Å². The van der Waals surface area contributed by atoms with Crippen LogP contribution in [0.3, 0.4) is 0 Å². The van der Waals surface area contributed by atoms with Crippen LogP contribution in [0.5, 0.6) is 0 Å². The van der Waals surface area contributed by atoms with Gasteiger partial charge in [-0.25, -0.2) is 0 Å². The summed E-state index contributed by atoms with van der Waals surface area (Å²) < 4.78 is 0. The fourth-order valence-corrected chi connectivity index (χ4v) is 1.86. The minimum absolute atomic E-state index is 0.0798. The second-order valence-electron chi connectivity index (χ2n) is 3.64. The number of amides is 2. The molecule has 0 bridgehead atoms. The number of thiol groups is 1. The Kier molecular flexibility index (Phi) is 2.87. The van der Waals surface area contributed by atoms with Crippen LogP contribution in [0.1, 0.15) is 0 Å². The maximum absolute atomic E-state index is 11.9. The summed E-state index contributed by atoms with van der Waals surface area (Å²) in [5.41, 5.74) is 0.730. The summed E-state index contributed by atoms with van der Waals surface area (Å²) in [4.78, 5) is 26.4. The highest BCUT2D eigenvalue weighted by Crippen LogP contribution is 2.21. The molecule has 1 aliphatic rings. The Bertz CT molecular complexity index is 421. The highest BCUT2D eigenvalue weighted by atomic mass is 32.1. The molecule has 1 heterocycles. The summed E-state index contributed by atoms with van der Waals surface area (Å²) in [6.07, 6.45) is 0. The SMILES string of the molecule is CN1C(=O)CN(c2ccccc2)C(=O)C1S. The number of para-hydroxylation sites is 1. The van der Waals surface area contributed by atoms with Crippen molar-refractivity contribution >= 4 is 30.1 Å². The zero-order chi connectivity index (χ0) is 11.7. The van der Waals surface area contributed by atoms with Gasteiger partial charge in [-0.15, -0.1) is 12.6 Å². The third kappa shape index (κ3) is 1.78. The Balaban J connectivity index is 2.30. The number of hydrogen-bond donors (Lipinski definition) is 1. The fraction of sp³-hybridized carbons (Fsp3) is 0.273. The lowest BCUT2D eigenvalue weighted by Crippen LogP contribution is -2.56. The number of nitrogens with zero attached hydrogens (tertiary/aromatic N) is 2. The van der Waals surface area contributed by atoms with E-state index >= 15 is 0 Å². The van der Waals surface area contributed by atoms with E-state index in [1.807, 2.05) is 18.2 Å². The van der Waals surface area contributed by atoms with Gasteiger partial charge in [0.25, 0.3) is 5.91 Å². The molecule has 1 atom stereocenters. The summed E-state index contributed by atoms with van der Waals surface area (Å²) in [5, 5.41) is -0.693. The standard InChI is InChI=1S/C11H12N2O2S/c1-12-9(14)7-13(10(15)11(12)16)8-5-3-2-4-6-8/h2-6,11,16H,7H2,1H3. The summed E-state index contributed by atoms with van der Waals surface area (Å²) >= 11 is 4.13. The Morgan fingerprint density at radius 2 is 1.88 bits per heavy atom. The molecule has 16 heavy (non-hydrogen) atoms. The first-order chi connectivity index (χ1) is 7.61. The second-order valence-corrected chi connectivity index (χ2v) is 4.13. The third-order valence-corrected chi connectivity index (χ3v) is 3.18. The molecule has 1 fully saturated rings. The van der Waals surface area contributed by atoms with E-state index in [9.17, 15) is 9.59 Å². The van der Waals surface area contributed by atoms with Gasteiger partial charge in [-0.2, -0.15) is 0 Å². The van der Waals surface area contributed by atoms with Crippen LogP contribution < -0.4 is 4.90 Å². The molecule has 0 aliphatic carbocycles. The van der Waals surface area contributed by atoms with Crippen LogP contribution in [0.15, 0.2) is 30.3 Å². The average molecular weight is 236 g/mol. The Morgan fingerprint density at radius 3 is 2.50 bits per heavy atom. The number of carbonyl (C=O) groups is 2. The monoisotopic (exact) mass is 236 g/mol. The average Bonchev–Trinajstić information content (AvgIpc) is 2.32. The van der Waals surface area contributed by atoms with Crippen molar-refractivity contribution in [1.82, 2.24) is 4.90 Å². The first kappa shape index (κ1) is 11.0. The molecule has 0 saturated carbocycles. The number of benzene rings is 1. The smallest absolute Gasteiger partial charge is 0.260 e. The summed E-state index contributed by atoms with van der Waals surface area (Å²) in [6.45, 7) is 0.0798. The van der Waals surface area contributed by atoms with Crippen molar-refractivity contribution in [3.8, 4) is 0 Å². The lowest BCUT2D eigenvalue weighted by molar-refractivity contribution is -0.138. The van der Waals surface area contributed by atoms with Crippen molar-refractivity contribution < 1.29 is 9.59 Å². The van der Waals surface area contributed by atoms with Crippen LogP contribution >= 0.6 is 12.6 Å². The molecule has 1 aromatic rings. The quantitative estimate of drug-likeness (QED) is 0.731. The van der Waals surface area contributed by atoms with Crippen molar-refractivity contribution in [2.24, 2.45) is 0 Å². The van der Waals surface area contributed by atoms with E-state index in [0.29, 0.717) is 0 Å². The number of likely N-dealkylation sites (N-methyl/N-ethyl adjacent to an activating group) is 1. The normalized spacial score (nSPS) is 21.5. The topological polar surface area (TPSA) is 40.6 Å². The van der Waals surface area contributed by atoms with E-state index in [2.05, 4.69) is 12.6 Å². The van der Waals surface area contributed by atoms with Crippen LogP contribution in [0.2, 0.25) is 0 Å². The molecule has 0 radical (unpaired) electrons. The molecule has 4 nitrogen and oxygen atoms in total. The minimum Gasteiger partial charge on any atom is -0.324 e. The van der Waals surface area contributed by atoms with Crippen LogP contribution in [-0.4, -0.2) is 35.7 Å². The molecular weight excluding hydrogens is 224 g/mol. The van der Waals surface area contributed by atoms with E-state index in [1.54, 1.807) is 19.2 Å². The lowest BCUT2D eigenvalue weighted by Gasteiger charge is -2.35. The molecular formula is C11H12N2O2S. The number of carbonyl (C=O) groups excluding carboxylic acids is 2. The predicted octanol–water partition coefficient (Wildman–Crippen LogP) is 0.748. The molecule has 5 heteroatoms. The van der Waals surface area contributed by atoms with Crippen molar-refractivity contribution in [1.29, 1.82) is 0 Å². The van der Waals surface area contributed by atoms with Crippen LogP contribution in [-0.2, 0) is 9.59 Å².